The molecule has 2 N–H and O–H groups in total. The highest BCUT2D eigenvalue weighted by molar-refractivity contribution is 7.17. The average molecular weight is 721 g/mol. The Morgan fingerprint density at radius 2 is 1.76 bits per heavy atom. The van der Waals surface area contributed by atoms with Gasteiger partial charge in [0.1, 0.15) is 0 Å². The zero-order valence-electron chi connectivity index (χ0n) is 27.0. The fraction of sp³-hybridized carbons (Fsp3) is 0.514. The average Bonchev–Trinajstić information content (AvgIpc) is 3.70. The molecule has 0 unspecified atom stereocenters. The summed E-state index contributed by atoms with van der Waals surface area (Å²) in [5, 5.41) is 15.2. The number of nitrogens with one attached hydrogen (secondary N) is 1. The van der Waals surface area contributed by atoms with E-state index in [2.05, 4.69) is 10.2 Å². The monoisotopic (exact) mass is 720 g/mol. The Morgan fingerprint density at radius 1 is 1.02 bits per heavy atom. The maximum absolute atomic E-state index is 13.8. The van der Waals surface area contributed by atoms with Gasteiger partial charge in [0.2, 0.25) is 5.91 Å². The summed E-state index contributed by atoms with van der Waals surface area (Å²) in [5.41, 5.74) is 1.68. The van der Waals surface area contributed by atoms with Crippen LogP contribution in [-0.2, 0) is 20.7 Å². The third-order valence-corrected chi connectivity index (χ3v) is 11.2. The quantitative estimate of drug-likeness (QED) is 0.259. The zero-order valence-corrected chi connectivity index (χ0v) is 28.5. The maximum Gasteiger partial charge on any atom is 0.401 e. The highest BCUT2D eigenvalue weighted by Crippen LogP contribution is 2.31. The topological polar surface area (TPSA) is 102 Å². The van der Waals surface area contributed by atoms with Gasteiger partial charge in [-0.25, -0.2) is 0 Å². The molecule has 0 spiro atoms. The number of piperazine rings is 1. The Morgan fingerprint density at radius 3 is 2.45 bits per heavy atom. The van der Waals surface area contributed by atoms with Crippen LogP contribution in [0.15, 0.2) is 47.8 Å². The van der Waals surface area contributed by atoms with Gasteiger partial charge in [0.15, 0.2) is 0 Å². The second-order valence-corrected chi connectivity index (χ2v) is 14.6. The molecule has 2 amide bonds. The van der Waals surface area contributed by atoms with E-state index in [1.165, 1.54) is 16.2 Å². The van der Waals surface area contributed by atoms with Gasteiger partial charge in [-0.15, -0.1) is 11.3 Å². The van der Waals surface area contributed by atoms with Crippen LogP contribution in [0.1, 0.15) is 48.0 Å². The van der Waals surface area contributed by atoms with Crippen LogP contribution < -0.4 is 5.32 Å². The van der Waals surface area contributed by atoms with Crippen molar-refractivity contribution >= 4 is 56.5 Å². The van der Waals surface area contributed by atoms with Crippen molar-refractivity contribution in [2.75, 3.05) is 51.2 Å². The second-order valence-electron chi connectivity index (χ2n) is 13.3. The van der Waals surface area contributed by atoms with Gasteiger partial charge in [0.25, 0.3) is 5.91 Å². The van der Waals surface area contributed by atoms with Crippen LogP contribution in [0.2, 0.25) is 5.02 Å². The van der Waals surface area contributed by atoms with Crippen molar-refractivity contribution < 1.29 is 37.4 Å². The fourth-order valence-corrected chi connectivity index (χ4v) is 8.46. The van der Waals surface area contributed by atoms with Crippen LogP contribution in [-0.4, -0.2) is 108 Å². The molecule has 14 heteroatoms. The van der Waals surface area contributed by atoms with Crippen molar-refractivity contribution in [3.8, 4) is 0 Å². The Kier molecular flexibility index (Phi) is 11.1. The molecular weight excluding hydrogens is 681 g/mol. The van der Waals surface area contributed by atoms with Crippen molar-refractivity contribution in [1.82, 2.24) is 14.7 Å². The maximum atomic E-state index is 13.8. The van der Waals surface area contributed by atoms with Crippen LogP contribution >= 0.6 is 22.9 Å². The lowest BCUT2D eigenvalue weighted by atomic mass is 9.87. The third-order valence-electron chi connectivity index (χ3n) is 9.95. The normalized spacial score (nSPS) is 24.0. The summed E-state index contributed by atoms with van der Waals surface area (Å²) >= 11 is 8.08. The van der Waals surface area contributed by atoms with E-state index in [0.29, 0.717) is 93.3 Å². The first-order valence-corrected chi connectivity index (χ1v) is 17.9. The lowest BCUT2D eigenvalue weighted by Gasteiger charge is -2.38. The molecule has 3 heterocycles. The molecular formula is C35H40ClF3N4O5S. The summed E-state index contributed by atoms with van der Waals surface area (Å²) in [6.45, 7) is 1.41. The smallest absolute Gasteiger partial charge is 0.401 e. The van der Waals surface area contributed by atoms with Crippen molar-refractivity contribution in [2.24, 2.45) is 5.92 Å². The first-order valence-electron chi connectivity index (χ1n) is 16.7. The van der Waals surface area contributed by atoms with Crippen LogP contribution in [0, 0.1) is 5.92 Å². The third kappa shape index (κ3) is 8.93. The molecule has 49 heavy (non-hydrogen) atoms. The minimum Gasteiger partial charge on any atom is -0.481 e. The molecule has 0 bridgehead atoms. The number of carbonyl (C=O) groups is 3. The van der Waals surface area contributed by atoms with Crippen molar-refractivity contribution in [2.45, 2.75) is 62.9 Å². The number of carboxylic acids is 1. The van der Waals surface area contributed by atoms with Gasteiger partial charge < -0.3 is 20.1 Å². The van der Waals surface area contributed by atoms with Crippen LogP contribution in [0.5, 0.6) is 0 Å². The van der Waals surface area contributed by atoms with Gasteiger partial charge in [-0.3, -0.25) is 24.2 Å². The Hall–Kier alpha value is -3.23. The molecule has 1 saturated carbocycles. The number of nitrogens with zero attached hydrogens (tertiary/aromatic N) is 3. The SMILES string of the molecule is O=C(Nc1ccc(CC(=O)N2C[C@@H](N3CCN(CC(F)(F)F)CC3)C[C@H]2COC2CCC(C(=O)O)CC2)cc1Cl)c1csc2ccccc12. The number of anilines is 1. The number of amides is 2. The van der Waals surface area contributed by atoms with E-state index < -0.39 is 18.7 Å². The Bertz CT molecular complexity index is 1660. The van der Waals surface area contributed by atoms with E-state index in [1.54, 1.807) is 18.2 Å². The molecule has 2 saturated heterocycles. The minimum absolute atomic E-state index is 0.0114. The zero-order chi connectivity index (χ0) is 34.7. The number of aliphatic carboxylic acids is 1. The number of alkyl halides is 3. The predicted octanol–water partition coefficient (Wildman–Crippen LogP) is 6.16. The molecule has 2 atom stereocenters. The molecule has 2 aliphatic heterocycles. The highest BCUT2D eigenvalue weighted by Gasteiger charge is 2.40. The molecule has 6 rings (SSSR count). The standard InChI is InChI=1S/C35H40ClF3N4O5S/c36-29-15-22(5-10-30(29)40-33(45)28-20-49-31-4-2-1-3-27(28)31)16-32(44)43-18-24(42-13-11-41(12-14-42)21-35(37,38)39)17-25(43)19-48-26-8-6-23(7-9-26)34(46)47/h1-5,10,15,20,23-26H,6-9,11-14,16-19,21H2,(H,40,45)(H,46,47)/t23?,24-,25-,26?/m0/s1. The van der Waals surface area contributed by atoms with Crippen molar-refractivity contribution in [3.05, 3.63) is 64.0 Å². The number of carbonyl (C=O) groups excluding carboxylic acids is 2. The summed E-state index contributed by atoms with van der Waals surface area (Å²) in [6.07, 6.45) is -1.20. The molecule has 2 aromatic carbocycles. The van der Waals surface area contributed by atoms with Crippen molar-refractivity contribution in [3.63, 3.8) is 0 Å². The number of halogens is 4. The first kappa shape index (κ1) is 35.6. The number of fused-ring (bicyclic) bond motifs is 1. The van der Waals surface area contributed by atoms with E-state index >= 15 is 0 Å². The molecule has 264 valence electrons. The lowest BCUT2D eigenvalue weighted by molar-refractivity contribution is -0.150. The van der Waals surface area contributed by atoms with Crippen LogP contribution in [0.3, 0.4) is 0 Å². The number of hydrogen-bond acceptors (Lipinski definition) is 7. The van der Waals surface area contributed by atoms with Crippen LogP contribution in [0.4, 0.5) is 18.9 Å². The number of carboxylic acid groups (broad SMARTS) is 1. The summed E-state index contributed by atoms with van der Waals surface area (Å²) in [4.78, 5) is 43.7. The van der Waals surface area contributed by atoms with Crippen molar-refractivity contribution in [1.29, 1.82) is 0 Å². The number of likely N-dealkylation sites (tertiary alicyclic amines) is 1. The fourth-order valence-electron chi connectivity index (χ4n) is 7.27. The minimum atomic E-state index is -4.24. The van der Waals surface area contributed by atoms with Gasteiger partial charge in [-0.2, -0.15) is 13.2 Å². The summed E-state index contributed by atoms with van der Waals surface area (Å²) < 4.78 is 46.1. The van der Waals surface area contributed by atoms with E-state index in [1.807, 2.05) is 34.5 Å². The molecule has 0 radical (unpaired) electrons. The molecule has 3 aliphatic rings. The highest BCUT2D eigenvalue weighted by atomic mass is 35.5. The van der Waals surface area contributed by atoms with Gasteiger partial charge in [-0.1, -0.05) is 35.9 Å². The van der Waals surface area contributed by atoms with Gasteiger partial charge in [-0.05, 0) is 55.9 Å². The second kappa shape index (κ2) is 15.3. The molecule has 3 fully saturated rings. The Labute approximate surface area is 291 Å². The number of rotatable bonds is 10. The van der Waals surface area contributed by atoms with E-state index in [0.717, 1.165) is 10.1 Å². The first-order chi connectivity index (χ1) is 23.4. The summed E-state index contributed by atoms with van der Waals surface area (Å²) in [6, 6.07) is 12.6. The van der Waals surface area contributed by atoms with Gasteiger partial charge in [0, 0.05) is 54.2 Å². The predicted molar refractivity (Wildman–Crippen MR) is 182 cm³/mol. The van der Waals surface area contributed by atoms with Gasteiger partial charge >= 0.3 is 12.1 Å². The largest absolute Gasteiger partial charge is 0.481 e. The number of hydrogen-bond donors (Lipinski definition) is 2. The lowest BCUT2D eigenvalue weighted by Crippen LogP contribution is -2.52. The Balaban J connectivity index is 1.09. The van der Waals surface area contributed by atoms with E-state index in [-0.39, 0.29) is 42.3 Å². The molecule has 9 nitrogen and oxygen atoms in total. The van der Waals surface area contributed by atoms with E-state index in [9.17, 15) is 32.7 Å². The molecule has 1 aromatic heterocycles. The molecule has 3 aromatic rings. The summed E-state index contributed by atoms with van der Waals surface area (Å²) in [5.74, 6) is -1.52. The van der Waals surface area contributed by atoms with Gasteiger partial charge in [0.05, 0.1) is 53.9 Å². The van der Waals surface area contributed by atoms with E-state index in [4.69, 9.17) is 16.3 Å². The summed E-state index contributed by atoms with van der Waals surface area (Å²) in [7, 11) is 0. The molecule has 1 aliphatic carbocycles. The number of benzene rings is 2. The number of thiophene rings is 1. The number of ether oxygens (including phenoxy) is 1. The van der Waals surface area contributed by atoms with Crippen LogP contribution in [0.25, 0.3) is 10.1 Å².